The second kappa shape index (κ2) is 3.20. The summed E-state index contributed by atoms with van der Waals surface area (Å²) in [5.74, 6) is -0.816. The highest BCUT2D eigenvalue weighted by molar-refractivity contribution is 6.10. The maximum absolute atomic E-state index is 13.9. The molecule has 0 radical (unpaired) electrons. The van der Waals surface area contributed by atoms with Gasteiger partial charge in [-0.25, -0.2) is 4.39 Å². The van der Waals surface area contributed by atoms with Crippen molar-refractivity contribution >= 4 is 21.5 Å². The van der Waals surface area contributed by atoms with E-state index in [0.29, 0.717) is 10.8 Å². The number of rotatable bonds is 0. The van der Waals surface area contributed by atoms with Crippen molar-refractivity contribution in [2.45, 2.75) is 0 Å². The summed E-state index contributed by atoms with van der Waals surface area (Å²) in [5.41, 5.74) is 0. The smallest absolute Gasteiger partial charge is 0.173 e. The molecule has 0 aliphatic carbocycles. The quantitative estimate of drug-likeness (QED) is 0.561. The molecule has 0 aliphatic rings. The minimum atomic E-state index is -0.547. The maximum Gasteiger partial charge on any atom is 0.173 e. The van der Waals surface area contributed by atoms with Gasteiger partial charge in [0.1, 0.15) is 0 Å². The minimum Gasteiger partial charge on any atom is -0.504 e. The lowest BCUT2D eigenvalue weighted by Gasteiger charge is -2.07. The third-order valence-electron chi connectivity index (χ3n) is 2.84. The summed E-state index contributed by atoms with van der Waals surface area (Å²) in [4.78, 5) is 0. The van der Waals surface area contributed by atoms with Crippen LogP contribution in [0.15, 0.2) is 48.5 Å². The van der Waals surface area contributed by atoms with E-state index in [1.165, 1.54) is 0 Å². The zero-order chi connectivity index (χ0) is 11.1. The van der Waals surface area contributed by atoms with Gasteiger partial charge in [-0.05, 0) is 10.8 Å². The lowest BCUT2D eigenvalue weighted by molar-refractivity contribution is 0.442. The molecule has 0 heterocycles. The fourth-order valence-electron chi connectivity index (χ4n) is 2.08. The van der Waals surface area contributed by atoms with Crippen molar-refractivity contribution in [1.29, 1.82) is 0 Å². The molecule has 3 aromatic carbocycles. The molecule has 0 saturated heterocycles. The Morgan fingerprint density at radius 1 is 0.688 bits per heavy atom. The lowest BCUT2D eigenvalue weighted by atomic mass is 10.0. The molecule has 1 N–H and O–H groups in total. The number of hydrogen-bond donors (Lipinski definition) is 1. The largest absolute Gasteiger partial charge is 0.504 e. The number of fused-ring (bicyclic) bond motifs is 3. The second-order valence-corrected chi connectivity index (χ2v) is 3.75. The van der Waals surface area contributed by atoms with Crippen LogP contribution in [-0.2, 0) is 0 Å². The normalized spacial score (nSPS) is 11.1. The van der Waals surface area contributed by atoms with Gasteiger partial charge in [-0.15, -0.1) is 0 Å². The zero-order valence-electron chi connectivity index (χ0n) is 8.44. The van der Waals surface area contributed by atoms with E-state index in [4.69, 9.17) is 0 Å². The average molecular weight is 212 g/mol. The standard InChI is InChI=1S/C14H9FO/c15-13-11-7-3-1-5-9(11)10-6-2-4-8-12(10)14(13)16/h1-8,16H. The predicted octanol–water partition coefficient (Wildman–Crippen LogP) is 3.84. The van der Waals surface area contributed by atoms with Crippen molar-refractivity contribution < 1.29 is 9.50 Å². The maximum atomic E-state index is 13.9. The van der Waals surface area contributed by atoms with Crippen LogP contribution in [-0.4, -0.2) is 5.11 Å². The van der Waals surface area contributed by atoms with E-state index in [9.17, 15) is 9.50 Å². The highest BCUT2D eigenvalue weighted by atomic mass is 19.1. The van der Waals surface area contributed by atoms with E-state index in [-0.39, 0.29) is 5.75 Å². The van der Waals surface area contributed by atoms with Gasteiger partial charge in [0, 0.05) is 10.8 Å². The van der Waals surface area contributed by atoms with Crippen molar-refractivity contribution in [2.75, 3.05) is 0 Å². The Bertz CT molecular complexity index is 628. The Morgan fingerprint density at radius 2 is 1.12 bits per heavy atom. The Morgan fingerprint density at radius 3 is 1.75 bits per heavy atom. The Balaban J connectivity index is 2.69. The SMILES string of the molecule is Oc1c(F)c2ccccc2c2ccccc12. The molecule has 3 rings (SSSR count). The van der Waals surface area contributed by atoms with Gasteiger partial charge >= 0.3 is 0 Å². The topological polar surface area (TPSA) is 20.2 Å². The summed E-state index contributed by atoms with van der Waals surface area (Å²) in [6, 6.07) is 14.4. The Labute approximate surface area is 91.8 Å². The van der Waals surface area contributed by atoms with Crippen LogP contribution in [0.2, 0.25) is 0 Å². The van der Waals surface area contributed by atoms with Crippen LogP contribution >= 0.6 is 0 Å². The molecule has 0 aliphatic heterocycles. The van der Waals surface area contributed by atoms with Crippen LogP contribution in [0, 0.1) is 5.82 Å². The fraction of sp³-hybridized carbons (Fsp3) is 0. The highest BCUT2D eigenvalue weighted by Crippen LogP contribution is 2.35. The number of phenols is 1. The first-order valence-electron chi connectivity index (χ1n) is 5.07. The van der Waals surface area contributed by atoms with Gasteiger partial charge in [0.25, 0.3) is 0 Å². The number of phenolic OH excluding ortho intramolecular Hbond substituents is 1. The summed E-state index contributed by atoms with van der Waals surface area (Å²) < 4.78 is 13.9. The Hall–Kier alpha value is -2.09. The summed E-state index contributed by atoms with van der Waals surface area (Å²) in [6.07, 6.45) is 0. The molecule has 0 fully saturated rings. The molecular formula is C14H9FO. The van der Waals surface area contributed by atoms with Crippen LogP contribution in [0.1, 0.15) is 0 Å². The highest BCUT2D eigenvalue weighted by Gasteiger charge is 2.11. The van der Waals surface area contributed by atoms with Crippen molar-refractivity contribution in [2.24, 2.45) is 0 Å². The molecule has 0 atom stereocenters. The van der Waals surface area contributed by atoms with E-state index in [0.717, 1.165) is 10.8 Å². The van der Waals surface area contributed by atoms with Crippen molar-refractivity contribution in [3.05, 3.63) is 54.3 Å². The second-order valence-electron chi connectivity index (χ2n) is 3.75. The first-order chi connectivity index (χ1) is 7.79. The predicted molar refractivity (Wildman–Crippen MR) is 63.1 cm³/mol. The molecule has 3 aromatic rings. The molecule has 0 spiro atoms. The van der Waals surface area contributed by atoms with Crippen molar-refractivity contribution in [3.63, 3.8) is 0 Å². The third kappa shape index (κ3) is 1.10. The molecule has 0 amide bonds. The van der Waals surface area contributed by atoms with Crippen LogP contribution in [0.5, 0.6) is 5.75 Å². The van der Waals surface area contributed by atoms with E-state index in [2.05, 4.69) is 0 Å². The number of hydrogen-bond acceptors (Lipinski definition) is 1. The van der Waals surface area contributed by atoms with Crippen LogP contribution in [0.25, 0.3) is 21.5 Å². The molecule has 0 saturated carbocycles. The minimum absolute atomic E-state index is 0.269. The number of aromatic hydroxyl groups is 1. The molecule has 1 nitrogen and oxygen atoms in total. The average Bonchev–Trinajstić information content (AvgIpc) is 2.36. The van der Waals surface area contributed by atoms with E-state index in [1.807, 2.05) is 24.3 Å². The fourth-order valence-corrected chi connectivity index (χ4v) is 2.08. The van der Waals surface area contributed by atoms with Gasteiger partial charge in [0.15, 0.2) is 11.6 Å². The van der Waals surface area contributed by atoms with Gasteiger partial charge in [0.05, 0.1) is 0 Å². The molecule has 16 heavy (non-hydrogen) atoms. The van der Waals surface area contributed by atoms with Crippen LogP contribution < -0.4 is 0 Å². The first-order valence-corrected chi connectivity index (χ1v) is 5.07. The summed E-state index contributed by atoms with van der Waals surface area (Å²) in [5, 5.41) is 12.5. The van der Waals surface area contributed by atoms with Crippen LogP contribution in [0.4, 0.5) is 4.39 Å². The van der Waals surface area contributed by atoms with Crippen LogP contribution in [0.3, 0.4) is 0 Å². The molecule has 78 valence electrons. The first kappa shape index (κ1) is 9.16. The number of halogens is 1. The third-order valence-corrected chi connectivity index (χ3v) is 2.84. The van der Waals surface area contributed by atoms with Crippen molar-refractivity contribution in [3.8, 4) is 5.75 Å². The molecule has 2 heteroatoms. The lowest BCUT2D eigenvalue weighted by Crippen LogP contribution is -1.84. The van der Waals surface area contributed by atoms with Gasteiger partial charge in [-0.1, -0.05) is 48.5 Å². The van der Waals surface area contributed by atoms with E-state index < -0.39 is 5.82 Å². The summed E-state index contributed by atoms with van der Waals surface area (Å²) >= 11 is 0. The van der Waals surface area contributed by atoms with E-state index >= 15 is 0 Å². The summed E-state index contributed by atoms with van der Waals surface area (Å²) in [6.45, 7) is 0. The Kier molecular flexibility index (Phi) is 1.83. The van der Waals surface area contributed by atoms with Gasteiger partial charge in [-0.2, -0.15) is 0 Å². The zero-order valence-corrected chi connectivity index (χ0v) is 8.44. The van der Waals surface area contributed by atoms with Gasteiger partial charge in [-0.3, -0.25) is 0 Å². The molecular weight excluding hydrogens is 203 g/mol. The van der Waals surface area contributed by atoms with Crippen molar-refractivity contribution in [1.82, 2.24) is 0 Å². The van der Waals surface area contributed by atoms with E-state index in [1.54, 1.807) is 24.3 Å². The molecule has 0 unspecified atom stereocenters. The molecule has 0 aromatic heterocycles. The monoisotopic (exact) mass is 212 g/mol. The van der Waals surface area contributed by atoms with Gasteiger partial charge < -0.3 is 5.11 Å². The summed E-state index contributed by atoms with van der Waals surface area (Å²) in [7, 11) is 0. The number of benzene rings is 3. The molecule has 0 bridgehead atoms. The van der Waals surface area contributed by atoms with Gasteiger partial charge in [0.2, 0.25) is 0 Å².